The first-order chi connectivity index (χ1) is 19.1. The lowest BCUT2D eigenvalue weighted by molar-refractivity contribution is 0.396. The van der Waals surface area contributed by atoms with Crippen molar-refractivity contribution < 1.29 is 0 Å². The largest absolute Gasteiger partial charge is 0.0654 e. The first-order valence-electron chi connectivity index (χ1n) is 16.7. The minimum Gasteiger partial charge on any atom is -0.0654 e. The van der Waals surface area contributed by atoms with Gasteiger partial charge in [0.15, 0.2) is 0 Å². The molecule has 2 aromatic carbocycles. The first-order valence-corrected chi connectivity index (χ1v) is 18.3. The van der Waals surface area contributed by atoms with Crippen molar-refractivity contribution in [1.29, 1.82) is 0 Å². The van der Waals surface area contributed by atoms with Crippen LogP contribution in [0, 0.1) is 0 Å². The lowest BCUT2D eigenvalue weighted by atomic mass is 9.70. The molecule has 0 aliphatic heterocycles. The van der Waals surface area contributed by atoms with Gasteiger partial charge in [0.1, 0.15) is 0 Å². The van der Waals surface area contributed by atoms with Crippen LogP contribution >= 0.6 is 31.9 Å². The van der Waals surface area contributed by atoms with Gasteiger partial charge in [-0.2, -0.15) is 0 Å². The quantitative estimate of drug-likeness (QED) is 0.110. The first kappa shape index (κ1) is 32.9. The molecule has 0 heterocycles. The number of benzene rings is 2. The zero-order valence-corrected chi connectivity index (χ0v) is 28.4. The van der Waals surface area contributed by atoms with Gasteiger partial charge < -0.3 is 0 Å². The summed E-state index contributed by atoms with van der Waals surface area (Å²) in [6.45, 7) is 4.61. The Morgan fingerprint density at radius 1 is 0.436 bits per heavy atom. The van der Waals surface area contributed by atoms with Crippen molar-refractivity contribution in [3.63, 3.8) is 0 Å². The van der Waals surface area contributed by atoms with Gasteiger partial charge in [-0.15, -0.1) is 0 Å². The SMILES string of the molecule is CCCCCCCCCCCCC1(CCCCCCCCCCCC)c2cc(Br)ccc2-c2ccc(Br)cc21. The maximum atomic E-state index is 3.83. The Labute approximate surface area is 258 Å². The van der Waals surface area contributed by atoms with Crippen molar-refractivity contribution in [2.75, 3.05) is 0 Å². The van der Waals surface area contributed by atoms with Crippen LogP contribution in [0.4, 0.5) is 0 Å². The molecule has 2 heteroatoms. The minimum absolute atomic E-state index is 0.165. The molecule has 39 heavy (non-hydrogen) atoms. The molecule has 0 fully saturated rings. The van der Waals surface area contributed by atoms with Crippen molar-refractivity contribution in [3.05, 3.63) is 56.5 Å². The second-order valence-electron chi connectivity index (χ2n) is 12.3. The molecule has 1 aliphatic carbocycles. The average molecular weight is 661 g/mol. The molecular formula is C37H56Br2. The lowest BCUT2D eigenvalue weighted by Gasteiger charge is -2.33. The van der Waals surface area contributed by atoms with Gasteiger partial charge in [0.2, 0.25) is 0 Å². The molecule has 0 amide bonds. The highest BCUT2D eigenvalue weighted by Crippen LogP contribution is 2.55. The third-order valence-corrected chi connectivity index (χ3v) is 10.2. The van der Waals surface area contributed by atoms with E-state index in [1.807, 2.05) is 0 Å². The van der Waals surface area contributed by atoms with E-state index in [4.69, 9.17) is 0 Å². The number of hydrogen-bond donors (Lipinski definition) is 0. The Hall–Kier alpha value is -0.600. The van der Waals surface area contributed by atoms with Crippen LogP contribution in [0.1, 0.15) is 166 Å². The molecule has 0 saturated heterocycles. The molecule has 0 saturated carbocycles. The second-order valence-corrected chi connectivity index (χ2v) is 14.2. The van der Waals surface area contributed by atoms with Crippen LogP contribution in [0.2, 0.25) is 0 Å². The molecule has 0 unspecified atom stereocenters. The van der Waals surface area contributed by atoms with Crippen LogP contribution in [0.5, 0.6) is 0 Å². The fourth-order valence-corrected chi connectivity index (χ4v) is 7.65. The fourth-order valence-electron chi connectivity index (χ4n) is 6.93. The van der Waals surface area contributed by atoms with E-state index in [0.717, 1.165) is 0 Å². The van der Waals surface area contributed by atoms with E-state index in [0.29, 0.717) is 0 Å². The predicted molar refractivity (Wildman–Crippen MR) is 181 cm³/mol. The van der Waals surface area contributed by atoms with Crippen LogP contribution in [0.25, 0.3) is 11.1 Å². The summed E-state index contributed by atoms with van der Waals surface area (Å²) < 4.78 is 2.45. The van der Waals surface area contributed by atoms with Crippen LogP contribution in [0.15, 0.2) is 45.3 Å². The van der Waals surface area contributed by atoms with E-state index in [2.05, 4.69) is 82.1 Å². The highest BCUT2D eigenvalue weighted by Gasteiger charge is 2.42. The highest BCUT2D eigenvalue weighted by molar-refractivity contribution is 9.10. The molecule has 0 nitrogen and oxygen atoms in total. The Balaban J connectivity index is 1.59. The van der Waals surface area contributed by atoms with E-state index in [9.17, 15) is 0 Å². The topological polar surface area (TPSA) is 0 Å². The zero-order valence-electron chi connectivity index (χ0n) is 25.3. The number of halogens is 2. The molecule has 0 atom stereocenters. The summed E-state index contributed by atoms with van der Waals surface area (Å²) in [5, 5.41) is 0. The third-order valence-electron chi connectivity index (χ3n) is 9.20. The molecule has 0 N–H and O–H groups in total. The molecule has 0 radical (unpaired) electrons. The van der Waals surface area contributed by atoms with Gasteiger partial charge in [-0.25, -0.2) is 0 Å². The number of hydrogen-bond acceptors (Lipinski definition) is 0. The standard InChI is InChI=1S/C37H56Br2/c1-3-5-7-9-11-13-15-17-19-21-27-37(28-22-20-18-16-14-12-10-8-6-4-2)35-29-31(38)23-25-33(35)34-26-24-32(39)30-36(34)37/h23-26,29-30H,3-22,27-28H2,1-2H3. The summed E-state index contributed by atoms with van der Waals surface area (Å²) in [7, 11) is 0. The smallest absolute Gasteiger partial charge is 0.0216 e. The average Bonchev–Trinajstić information content (AvgIpc) is 3.19. The highest BCUT2D eigenvalue weighted by atomic mass is 79.9. The van der Waals surface area contributed by atoms with Gasteiger partial charge in [-0.05, 0) is 59.4 Å². The molecule has 1 aliphatic rings. The van der Waals surface area contributed by atoms with Crippen LogP contribution in [-0.4, -0.2) is 0 Å². The summed E-state index contributed by atoms with van der Waals surface area (Å²) in [6, 6.07) is 14.1. The Kier molecular flexibility index (Phi) is 15.8. The molecule has 0 bridgehead atoms. The van der Waals surface area contributed by atoms with Crippen molar-refractivity contribution >= 4 is 31.9 Å². The van der Waals surface area contributed by atoms with Gasteiger partial charge in [0, 0.05) is 14.4 Å². The molecule has 0 spiro atoms. The van der Waals surface area contributed by atoms with Gasteiger partial charge >= 0.3 is 0 Å². The summed E-state index contributed by atoms with van der Waals surface area (Å²) in [5.41, 5.74) is 6.27. The van der Waals surface area contributed by atoms with Crippen molar-refractivity contribution in [1.82, 2.24) is 0 Å². The van der Waals surface area contributed by atoms with Crippen molar-refractivity contribution in [2.24, 2.45) is 0 Å². The summed E-state index contributed by atoms with van der Waals surface area (Å²) >= 11 is 7.66. The van der Waals surface area contributed by atoms with E-state index in [1.54, 1.807) is 11.1 Å². The molecule has 0 aromatic heterocycles. The summed E-state index contributed by atoms with van der Waals surface area (Å²) in [6.07, 6.45) is 30.6. The van der Waals surface area contributed by atoms with E-state index >= 15 is 0 Å². The third kappa shape index (κ3) is 10.3. The van der Waals surface area contributed by atoms with E-state index < -0.39 is 0 Å². The lowest BCUT2D eigenvalue weighted by Crippen LogP contribution is -2.25. The summed E-state index contributed by atoms with van der Waals surface area (Å²) in [4.78, 5) is 0. The fraction of sp³-hybridized carbons (Fsp3) is 0.676. The second kappa shape index (κ2) is 18.8. The van der Waals surface area contributed by atoms with Gasteiger partial charge in [0.05, 0.1) is 0 Å². The van der Waals surface area contributed by atoms with Crippen LogP contribution in [-0.2, 0) is 5.41 Å². The van der Waals surface area contributed by atoms with Crippen molar-refractivity contribution in [3.8, 4) is 11.1 Å². The number of fused-ring (bicyclic) bond motifs is 3. The molecule has 218 valence electrons. The minimum atomic E-state index is 0.165. The van der Waals surface area contributed by atoms with E-state index in [-0.39, 0.29) is 5.41 Å². The predicted octanol–water partition coefficient (Wildman–Crippen LogP) is 14.1. The van der Waals surface area contributed by atoms with Gasteiger partial charge in [-0.3, -0.25) is 0 Å². The number of rotatable bonds is 22. The van der Waals surface area contributed by atoms with Crippen LogP contribution < -0.4 is 0 Å². The molecule has 3 rings (SSSR count). The van der Waals surface area contributed by atoms with Crippen molar-refractivity contribution in [2.45, 2.75) is 161 Å². The molecule has 2 aromatic rings. The zero-order chi connectivity index (χ0) is 27.8. The monoisotopic (exact) mass is 658 g/mol. The number of unbranched alkanes of at least 4 members (excludes halogenated alkanes) is 18. The summed E-state index contributed by atoms with van der Waals surface area (Å²) in [5.74, 6) is 0. The normalized spacial score (nSPS) is 13.5. The Morgan fingerprint density at radius 3 is 1.08 bits per heavy atom. The Morgan fingerprint density at radius 2 is 0.744 bits per heavy atom. The van der Waals surface area contributed by atoms with Gasteiger partial charge in [-0.1, -0.05) is 186 Å². The van der Waals surface area contributed by atoms with Gasteiger partial charge in [0.25, 0.3) is 0 Å². The maximum Gasteiger partial charge on any atom is 0.0216 e. The Bertz CT molecular complexity index is 869. The van der Waals surface area contributed by atoms with Crippen LogP contribution in [0.3, 0.4) is 0 Å². The van der Waals surface area contributed by atoms with E-state index in [1.165, 1.54) is 161 Å². The molecular weight excluding hydrogens is 604 g/mol. The maximum absolute atomic E-state index is 3.83.